The number of aryl methyl sites for hydroxylation is 1. The van der Waals surface area contributed by atoms with Crippen molar-refractivity contribution in [2.75, 3.05) is 11.1 Å². The maximum absolute atomic E-state index is 11.9. The van der Waals surface area contributed by atoms with Gasteiger partial charge in [0.2, 0.25) is 11.0 Å². The average Bonchev–Trinajstić information content (AvgIpc) is 2.94. The van der Waals surface area contributed by atoms with Gasteiger partial charge in [-0.2, -0.15) is 0 Å². The van der Waals surface area contributed by atoms with Crippen LogP contribution in [0.2, 0.25) is 0 Å². The predicted molar refractivity (Wildman–Crippen MR) is 88.9 cm³/mol. The zero-order valence-electron chi connectivity index (χ0n) is 12.0. The number of unbranched alkanes of at least 4 members (excludes halogenated alkanes) is 2. The fourth-order valence-corrected chi connectivity index (χ4v) is 3.27. The highest BCUT2D eigenvalue weighted by Gasteiger charge is 2.08. The Morgan fingerprint density at radius 3 is 2.81 bits per heavy atom. The second-order valence-electron chi connectivity index (χ2n) is 4.61. The summed E-state index contributed by atoms with van der Waals surface area (Å²) in [5.41, 5.74) is 0. The summed E-state index contributed by atoms with van der Waals surface area (Å²) in [6.07, 6.45) is 4.47. The third-order valence-corrected chi connectivity index (χ3v) is 4.73. The molecule has 1 aromatic carbocycles. The summed E-state index contributed by atoms with van der Waals surface area (Å²) in [5, 5.41) is 12.5. The van der Waals surface area contributed by atoms with Crippen molar-refractivity contribution in [3.8, 4) is 0 Å². The largest absolute Gasteiger partial charge is 0.300 e. The van der Waals surface area contributed by atoms with Crippen molar-refractivity contribution >= 4 is 34.1 Å². The lowest BCUT2D eigenvalue weighted by atomic mass is 10.2. The third-order valence-electron chi connectivity index (χ3n) is 2.82. The fraction of sp³-hybridized carbons (Fsp3) is 0.400. The van der Waals surface area contributed by atoms with Crippen LogP contribution in [-0.4, -0.2) is 21.9 Å². The van der Waals surface area contributed by atoms with Gasteiger partial charge in [-0.1, -0.05) is 49.3 Å². The average molecular weight is 321 g/mol. The number of hydrogen-bond acceptors (Lipinski definition) is 5. The molecule has 1 amide bonds. The molecule has 2 aromatic rings. The molecule has 0 fully saturated rings. The Hall–Kier alpha value is -1.40. The van der Waals surface area contributed by atoms with Crippen LogP contribution in [0.3, 0.4) is 0 Å². The Bertz CT molecular complexity index is 557. The van der Waals surface area contributed by atoms with Crippen LogP contribution in [0.4, 0.5) is 5.13 Å². The highest BCUT2D eigenvalue weighted by atomic mass is 32.2. The molecule has 1 heterocycles. The summed E-state index contributed by atoms with van der Waals surface area (Å²) in [6.45, 7) is 2.18. The summed E-state index contributed by atoms with van der Waals surface area (Å²) in [6, 6.07) is 9.88. The second kappa shape index (κ2) is 8.79. The number of benzene rings is 1. The van der Waals surface area contributed by atoms with Crippen LogP contribution in [-0.2, 0) is 11.2 Å². The molecule has 21 heavy (non-hydrogen) atoms. The van der Waals surface area contributed by atoms with Crippen molar-refractivity contribution in [1.82, 2.24) is 10.2 Å². The van der Waals surface area contributed by atoms with Gasteiger partial charge in [-0.3, -0.25) is 10.1 Å². The molecule has 0 aliphatic heterocycles. The first-order valence-electron chi connectivity index (χ1n) is 7.08. The zero-order chi connectivity index (χ0) is 14.9. The molecule has 1 aromatic heterocycles. The zero-order valence-corrected chi connectivity index (χ0v) is 13.7. The van der Waals surface area contributed by atoms with Crippen LogP contribution in [0.25, 0.3) is 0 Å². The van der Waals surface area contributed by atoms with Crippen LogP contribution < -0.4 is 5.32 Å². The summed E-state index contributed by atoms with van der Waals surface area (Å²) in [7, 11) is 0. The van der Waals surface area contributed by atoms with Crippen molar-refractivity contribution in [1.29, 1.82) is 0 Å². The molecular weight excluding hydrogens is 302 g/mol. The minimum atomic E-state index is -0.0416. The number of carbonyl (C=O) groups excluding carboxylic acids is 1. The SMILES string of the molecule is CCCCCc1nnc(NC(=O)CSc2ccccc2)s1. The van der Waals surface area contributed by atoms with Crippen LogP contribution in [0.1, 0.15) is 31.2 Å². The van der Waals surface area contributed by atoms with E-state index in [0.29, 0.717) is 10.9 Å². The molecule has 6 heteroatoms. The van der Waals surface area contributed by atoms with E-state index in [1.165, 1.54) is 35.9 Å². The fourth-order valence-electron chi connectivity index (χ4n) is 1.75. The summed E-state index contributed by atoms with van der Waals surface area (Å²) < 4.78 is 0. The summed E-state index contributed by atoms with van der Waals surface area (Å²) >= 11 is 2.99. The number of anilines is 1. The number of nitrogens with zero attached hydrogens (tertiary/aromatic N) is 2. The van der Waals surface area contributed by atoms with E-state index in [1.54, 1.807) is 0 Å². The van der Waals surface area contributed by atoms with Gasteiger partial charge in [-0.15, -0.1) is 22.0 Å². The van der Waals surface area contributed by atoms with E-state index in [4.69, 9.17) is 0 Å². The van der Waals surface area contributed by atoms with E-state index in [9.17, 15) is 4.79 Å². The van der Waals surface area contributed by atoms with Crippen LogP contribution in [0, 0.1) is 0 Å². The van der Waals surface area contributed by atoms with Crippen LogP contribution >= 0.6 is 23.1 Å². The first-order valence-corrected chi connectivity index (χ1v) is 8.88. The Morgan fingerprint density at radius 1 is 1.24 bits per heavy atom. The Balaban J connectivity index is 1.75. The first-order chi connectivity index (χ1) is 10.3. The number of rotatable bonds is 8. The van der Waals surface area contributed by atoms with Crippen molar-refractivity contribution < 1.29 is 4.79 Å². The molecule has 2 rings (SSSR count). The molecule has 0 radical (unpaired) electrons. The van der Waals surface area contributed by atoms with E-state index in [0.717, 1.165) is 22.7 Å². The van der Waals surface area contributed by atoms with Crippen molar-refractivity contribution in [2.45, 2.75) is 37.5 Å². The van der Waals surface area contributed by atoms with E-state index >= 15 is 0 Å². The minimum absolute atomic E-state index is 0.0416. The number of hydrogen-bond donors (Lipinski definition) is 1. The van der Waals surface area contributed by atoms with Crippen LogP contribution in [0.5, 0.6) is 0 Å². The monoisotopic (exact) mass is 321 g/mol. The van der Waals surface area contributed by atoms with Crippen LogP contribution in [0.15, 0.2) is 35.2 Å². The van der Waals surface area contributed by atoms with Gasteiger partial charge in [0, 0.05) is 11.3 Å². The minimum Gasteiger partial charge on any atom is -0.300 e. The standard InChI is InChI=1S/C15H19N3OS2/c1-2-3-5-10-14-17-18-15(21-14)16-13(19)11-20-12-8-6-4-7-9-12/h4,6-9H,2-3,5,10-11H2,1H3,(H,16,18,19). The first kappa shape index (κ1) is 16.0. The van der Waals surface area contributed by atoms with Gasteiger partial charge in [0.1, 0.15) is 5.01 Å². The predicted octanol–water partition coefficient (Wildman–Crippen LogP) is 4.00. The number of nitrogens with one attached hydrogen (secondary N) is 1. The number of thioether (sulfide) groups is 1. The molecule has 112 valence electrons. The topological polar surface area (TPSA) is 54.9 Å². The Morgan fingerprint density at radius 2 is 2.05 bits per heavy atom. The maximum Gasteiger partial charge on any atom is 0.236 e. The quantitative estimate of drug-likeness (QED) is 0.590. The van der Waals surface area contributed by atoms with Gasteiger partial charge in [0.25, 0.3) is 0 Å². The number of aromatic nitrogens is 2. The van der Waals surface area contributed by atoms with E-state index in [-0.39, 0.29) is 5.91 Å². The normalized spacial score (nSPS) is 10.5. The summed E-state index contributed by atoms with van der Waals surface area (Å²) in [5.74, 6) is 0.342. The van der Waals surface area contributed by atoms with Gasteiger partial charge >= 0.3 is 0 Å². The van der Waals surface area contributed by atoms with Gasteiger partial charge in [-0.25, -0.2) is 0 Å². The van der Waals surface area contributed by atoms with E-state index in [2.05, 4.69) is 22.4 Å². The third kappa shape index (κ3) is 5.85. The Kier molecular flexibility index (Phi) is 6.69. The highest BCUT2D eigenvalue weighted by molar-refractivity contribution is 8.00. The van der Waals surface area contributed by atoms with Gasteiger partial charge in [-0.05, 0) is 18.6 Å². The molecule has 0 bridgehead atoms. The van der Waals surface area contributed by atoms with Crippen molar-refractivity contribution in [3.05, 3.63) is 35.3 Å². The molecule has 4 nitrogen and oxygen atoms in total. The molecule has 0 atom stereocenters. The maximum atomic E-state index is 11.9. The molecule has 0 aliphatic carbocycles. The molecule has 0 unspecified atom stereocenters. The van der Waals surface area contributed by atoms with Gasteiger partial charge in [0.15, 0.2) is 0 Å². The lowest BCUT2D eigenvalue weighted by Gasteiger charge is -2.01. The molecule has 0 saturated carbocycles. The lowest BCUT2D eigenvalue weighted by Crippen LogP contribution is -2.13. The van der Waals surface area contributed by atoms with Gasteiger partial charge < -0.3 is 0 Å². The lowest BCUT2D eigenvalue weighted by molar-refractivity contribution is -0.113. The van der Waals surface area contributed by atoms with Crippen molar-refractivity contribution in [2.24, 2.45) is 0 Å². The number of amides is 1. The molecule has 0 spiro atoms. The molecular formula is C15H19N3OS2. The van der Waals surface area contributed by atoms with Crippen molar-refractivity contribution in [3.63, 3.8) is 0 Å². The Labute approximate surface area is 133 Å². The van der Waals surface area contributed by atoms with Gasteiger partial charge in [0.05, 0.1) is 5.75 Å². The highest BCUT2D eigenvalue weighted by Crippen LogP contribution is 2.20. The van der Waals surface area contributed by atoms with E-state index < -0.39 is 0 Å². The summed E-state index contributed by atoms with van der Waals surface area (Å²) in [4.78, 5) is 13.0. The van der Waals surface area contributed by atoms with E-state index in [1.807, 2.05) is 30.3 Å². The number of carbonyl (C=O) groups is 1. The molecule has 0 aliphatic rings. The molecule has 1 N–H and O–H groups in total. The smallest absolute Gasteiger partial charge is 0.236 e. The molecule has 0 saturated heterocycles. The second-order valence-corrected chi connectivity index (χ2v) is 6.72.